The topological polar surface area (TPSA) is 3.24 Å². The summed E-state index contributed by atoms with van der Waals surface area (Å²) in [7, 11) is 2.92. The Hall–Kier alpha value is 0.390. The summed E-state index contributed by atoms with van der Waals surface area (Å²) in [5.74, 6) is 0.829. The Balaban J connectivity index is 2.18. The molecule has 1 saturated heterocycles. The van der Waals surface area contributed by atoms with Crippen LogP contribution in [0.3, 0.4) is 0 Å². The summed E-state index contributed by atoms with van der Waals surface area (Å²) in [5, 5.41) is 0. The lowest BCUT2D eigenvalue weighted by molar-refractivity contribution is 0.299. The molecule has 0 radical (unpaired) electrons. The van der Waals surface area contributed by atoms with E-state index < -0.39 is 0 Å². The van der Waals surface area contributed by atoms with Crippen molar-refractivity contribution in [1.29, 1.82) is 0 Å². The van der Waals surface area contributed by atoms with Crippen LogP contribution < -0.4 is 0 Å². The minimum Gasteiger partial charge on any atom is -0.302 e. The van der Waals surface area contributed by atoms with Gasteiger partial charge in [-0.1, -0.05) is 13.8 Å². The molecule has 0 aromatic carbocycles. The summed E-state index contributed by atoms with van der Waals surface area (Å²) in [6.45, 7) is 8.46. The Morgan fingerprint density at radius 1 is 1.60 bits per heavy atom. The van der Waals surface area contributed by atoms with Crippen LogP contribution in [-0.4, -0.2) is 30.2 Å². The first-order valence-corrected chi connectivity index (χ1v) is 4.83. The predicted octanol–water partition coefficient (Wildman–Crippen LogP) is 1.59. The van der Waals surface area contributed by atoms with Crippen molar-refractivity contribution in [2.24, 2.45) is 5.92 Å². The van der Waals surface area contributed by atoms with Gasteiger partial charge in [0.25, 0.3) is 0 Å². The van der Waals surface area contributed by atoms with Crippen molar-refractivity contribution < 1.29 is 0 Å². The predicted molar refractivity (Wildman–Crippen MR) is 49.4 cm³/mol. The fraction of sp³-hybridized carbons (Fsp3) is 1.00. The van der Waals surface area contributed by atoms with Crippen LogP contribution >= 0.6 is 9.24 Å². The molecule has 1 aliphatic rings. The minimum absolute atomic E-state index is 0.829. The molecular formula is C8H18NP. The van der Waals surface area contributed by atoms with Crippen molar-refractivity contribution in [1.82, 2.24) is 4.90 Å². The van der Waals surface area contributed by atoms with Crippen LogP contribution in [0.5, 0.6) is 0 Å². The zero-order valence-electron chi connectivity index (χ0n) is 7.01. The second-order valence-electron chi connectivity index (χ2n) is 3.70. The average molecular weight is 159 g/mol. The first kappa shape index (κ1) is 8.49. The highest BCUT2D eigenvalue weighted by atomic mass is 31.0. The molecular weight excluding hydrogens is 141 g/mol. The van der Waals surface area contributed by atoms with Gasteiger partial charge >= 0.3 is 0 Å². The molecule has 60 valence electrons. The quantitative estimate of drug-likeness (QED) is 0.553. The molecule has 1 fully saturated rings. The van der Waals surface area contributed by atoms with E-state index in [0.717, 1.165) is 11.6 Å². The second kappa shape index (κ2) is 3.69. The molecule has 2 heteroatoms. The highest BCUT2D eigenvalue weighted by Gasteiger charge is 2.18. The molecule has 0 aliphatic carbocycles. The van der Waals surface area contributed by atoms with E-state index in [2.05, 4.69) is 28.0 Å². The average Bonchev–Trinajstić information content (AvgIpc) is 2.13. The van der Waals surface area contributed by atoms with Crippen LogP contribution in [-0.2, 0) is 0 Å². The highest BCUT2D eigenvalue weighted by Crippen LogP contribution is 2.17. The Morgan fingerprint density at radius 2 is 2.30 bits per heavy atom. The van der Waals surface area contributed by atoms with Crippen molar-refractivity contribution in [3.8, 4) is 0 Å². The SMILES string of the molecule is CC(C)CN1CCC(P)C1. The molecule has 0 saturated carbocycles. The molecule has 0 bridgehead atoms. The van der Waals surface area contributed by atoms with Crippen LogP contribution in [0, 0.1) is 5.92 Å². The zero-order chi connectivity index (χ0) is 7.56. The maximum absolute atomic E-state index is 2.92. The van der Waals surface area contributed by atoms with Gasteiger partial charge in [-0.25, -0.2) is 0 Å². The van der Waals surface area contributed by atoms with Crippen LogP contribution in [0.2, 0.25) is 0 Å². The molecule has 0 amide bonds. The summed E-state index contributed by atoms with van der Waals surface area (Å²) in [5.41, 5.74) is 0.860. The van der Waals surface area contributed by atoms with Crippen LogP contribution in [0.1, 0.15) is 20.3 Å². The maximum atomic E-state index is 2.92. The van der Waals surface area contributed by atoms with E-state index in [-0.39, 0.29) is 0 Å². The standard InChI is InChI=1S/C8H18NP/c1-7(2)5-9-4-3-8(10)6-9/h7-8H,3-6,10H2,1-2H3. The first-order valence-electron chi connectivity index (χ1n) is 4.16. The maximum Gasteiger partial charge on any atom is 0.00449 e. The largest absolute Gasteiger partial charge is 0.302 e. The Bertz CT molecular complexity index is 103. The van der Waals surface area contributed by atoms with Crippen molar-refractivity contribution in [3.63, 3.8) is 0 Å². The third-order valence-electron chi connectivity index (χ3n) is 1.93. The van der Waals surface area contributed by atoms with Gasteiger partial charge < -0.3 is 4.90 Å². The summed E-state index contributed by atoms with van der Waals surface area (Å²) in [6.07, 6.45) is 1.37. The molecule has 0 aromatic rings. The minimum atomic E-state index is 0.829. The van der Waals surface area contributed by atoms with Gasteiger partial charge in [-0.2, -0.15) is 0 Å². The molecule has 1 rings (SSSR count). The number of rotatable bonds is 2. The fourth-order valence-corrected chi connectivity index (χ4v) is 1.99. The summed E-state index contributed by atoms with van der Waals surface area (Å²) < 4.78 is 0. The summed E-state index contributed by atoms with van der Waals surface area (Å²) >= 11 is 0. The van der Waals surface area contributed by atoms with Crippen molar-refractivity contribution >= 4 is 9.24 Å². The van der Waals surface area contributed by atoms with Crippen molar-refractivity contribution in [2.45, 2.75) is 25.9 Å². The lowest BCUT2D eigenvalue weighted by atomic mass is 10.2. The number of nitrogens with zero attached hydrogens (tertiary/aromatic N) is 1. The van der Waals surface area contributed by atoms with Gasteiger partial charge in [0.05, 0.1) is 0 Å². The van der Waals surface area contributed by atoms with Crippen molar-refractivity contribution in [2.75, 3.05) is 19.6 Å². The van der Waals surface area contributed by atoms with Crippen LogP contribution in [0.15, 0.2) is 0 Å². The van der Waals surface area contributed by atoms with E-state index in [4.69, 9.17) is 0 Å². The summed E-state index contributed by atoms with van der Waals surface area (Å²) in [6, 6.07) is 0. The normalized spacial score (nSPS) is 28.2. The number of hydrogen-bond acceptors (Lipinski definition) is 1. The van der Waals surface area contributed by atoms with E-state index in [1.54, 1.807) is 0 Å². The molecule has 0 spiro atoms. The van der Waals surface area contributed by atoms with E-state index in [0.29, 0.717) is 0 Å². The second-order valence-corrected chi connectivity index (χ2v) is 4.64. The van der Waals surface area contributed by atoms with Gasteiger partial charge in [-0.15, -0.1) is 9.24 Å². The molecule has 0 aromatic heterocycles. The Morgan fingerprint density at radius 3 is 2.70 bits per heavy atom. The molecule has 2 atom stereocenters. The van der Waals surface area contributed by atoms with E-state index in [1.807, 2.05) is 0 Å². The van der Waals surface area contributed by atoms with E-state index in [1.165, 1.54) is 26.1 Å². The third-order valence-corrected chi connectivity index (χ3v) is 2.48. The van der Waals surface area contributed by atoms with Gasteiger partial charge in [0.15, 0.2) is 0 Å². The number of likely N-dealkylation sites (tertiary alicyclic amines) is 1. The van der Waals surface area contributed by atoms with E-state index in [9.17, 15) is 0 Å². The van der Waals surface area contributed by atoms with Gasteiger partial charge in [-0.3, -0.25) is 0 Å². The lowest BCUT2D eigenvalue weighted by Gasteiger charge is -2.17. The van der Waals surface area contributed by atoms with Gasteiger partial charge in [0.1, 0.15) is 0 Å². The third kappa shape index (κ3) is 2.56. The molecule has 2 unspecified atom stereocenters. The summed E-state index contributed by atoms with van der Waals surface area (Å²) in [4.78, 5) is 2.56. The monoisotopic (exact) mass is 159 g/mol. The molecule has 1 heterocycles. The highest BCUT2D eigenvalue weighted by molar-refractivity contribution is 7.17. The number of hydrogen-bond donors (Lipinski definition) is 0. The Kier molecular flexibility index (Phi) is 3.13. The first-order chi connectivity index (χ1) is 4.68. The zero-order valence-corrected chi connectivity index (χ0v) is 8.16. The molecule has 1 aliphatic heterocycles. The molecule has 0 N–H and O–H groups in total. The van der Waals surface area contributed by atoms with Crippen LogP contribution in [0.25, 0.3) is 0 Å². The van der Waals surface area contributed by atoms with E-state index >= 15 is 0 Å². The van der Waals surface area contributed by atoms with Gasteiger partial charge in [0.2, 0.25) is 0 Å². The fourth-order valence-electron chi connectivity index (χ4n) is 1.54. The van der Waals surface area contributed by atoms with Gasteiger partial charge in [-0.05, 0) is 24.5 Å². The van der Waals surface area contributed by atoms with Crippen LogP contribution in [0.4, 0.5) is 0 Å². The smallest absolute Gasteiger partial charge is 0.00449 e. The Labute approximate surface area is 66.4 Å². The molecule has 1 nitrogen and oxygen atoms in total. The lowest BCUT2D eigenvalue weighted by Crippen LogP contribution is -2.25. The van der Waals surface area contributed by atoms with Crippen molar-refractivity contribution in [3.05, 3.63) is 0 Å². The van der Waals surface area contributed by atoms with Gasteiger partial charge in [0, 0.05) is 13.1 Å². The molecule has 10 heavy (non-hydrogen) atoms.